The van der Waals surface area contributed by atoms with Gasteiger partial charge in [-0.1, -0.05) is 49.6 Å². The van der Waals surface area contributed by atoms with Crippen LogP contribution in [0.3, 0.4) is 0 Å². The molecule has 1 amide bonds. The Labute approximate surface area is 216 Å². The van der Waals surface area contributed by atoms with E-state index in [0.29, 0.717) is 24.2 Å². The Morgan fingerprint density at radius 3 is 2.38 bits per heavy atom. The first kappa shape index (κ1) is 23.6. The van der Waals surface area contributed by atoms with Gasteiger partial charge in [0.05, 0.1) is 18.4 Å². The molecule has 2 aromatic heterocycles. The minimum absolute atomic E-state index is 0.00518. The van der Waals surface area contributed by atoms with E-state index < -0.39 is 0 Å². The van der Waals surface area contributed by atoms with Crippen molar-refractivity contribution >= 4 is 33.4 Å². The number of fused-ring (bicyclic) bond motifs is 3. The molecule has 2 aliphatic rings. The summed E-state index contributed by atoms with van der Waals surface area (Å²) in [6.07, 6.45) is 7.31. The normalized spacial score (nSPS) is 17.0. The van der Waals surface area contributed by atoms with Crippen LogP contribution in [0.25, 0.3) is 21.8 Å². The van der Waals surface area contributed by atoms with E-state index in [0.717, 1.165) is 66.5 Å². The monoisotopic (exact) mass is 498 g/mol. The van der Waals surface area contributed by atoms with Gasteiger partial charge in [-0.3, -0.25) is 9.59 Å². The second-order valence-corrected chi connectivity index (χ2v) is 10.3. The number of anilines is 1. The van der Waals surface area contributed by atoms with E-state index in [1.54, 1.807) is 7.11 Å². The van der Waals surface area contributed by atoms with Gasteiger partial charge in [0.15, 0.2) is 0 Å². The van der Waals surface area contributed by atoms with Crippen molar-refractivity contribution in [1.29, 1.82) is 0 Å². The van der Waals surface area contributed by atoms with Crippen LogP contribution in [0.1, 0.15) is 48.5 Å². The number of ether oxygens (including phenoxy) is 1. The highest BCUT2D eigenvalue weighted by atomic mass is 16.5. The van der Waals surface area contributed by atoms with Crippen molar-refractivity contribution in [2.24, 2.45) is 7.05 Å². The molecule has 6 rings (SSSR count). The molecule has 1 saturated heterocycles. The molecule has 192 valence electrons. The van der Waals surface area contributed by atoms with Crippen LogP contribution >= 0.6 is 0 Å². The molecule has 1 aliphatic heterocycles. The van der Waals surface area contributed by atoms with Crippen LogP contribution in [0, 0.1) is 0 Å². The average Bonchev–Trinajstić information content (AvgIpc) is 3.26. The SMILES string of the molecule is COc1ccccc1N1CCN(C(=O)c2cn(C3CCCCC3)c(=O)c3c2c2ccccc2n3C)CC1. The van der Waals surface area contributed by atoms with Crippen LogP contribution in [0.5, 0.6) is 5.75 Å². The Bertz CT molecular complexity index is 1520. The van der Waals surface area contributed by atoms with Gasteiger partial charge < -0.3 is 23.7 Å². The predicted molar refractivity (Wildman–Crippen MR) is 148 cm³/mol. The highest BCUT2D eigenvalue weighted by molar-refractivity contribution is 6.17. The van der Waals surface area contributed by atoms with E-state index in [9.17, 15) is 9.59 Å². The molecule has 7 heteroatoms. The molecule has 0 spiro atoms. The van der Waals surface area contributed by atoms with E-state index >= 15 is 0 Å². The molecule has 7 nitrogen and oxygen atoms in total. The fourth-order valence-corrected chi connectivity index (χ4v) is 6.31. The number of benzene rings is 2. The molecule has 4 aromatic rings. The van der Waals surface area contributed by atoms with Gasteiger partial charge in [-0.25, -0.2) is 0 Å². The Morgan fingerprint density at radius 2 is 1.62 bits per heavy atom. The lowest BCUT2D eigenvalue weighted by Gasteiger charge is -2.37. The van der Waals surface area contributed by atoms with Crippen molar-refractivity contribution in [3.63, 3.8) is 0 Å². The van der Waals surface area contributed by atoms with Crippen LogP contribution in [-0.2, 0) is 7.05 Å². The molecule has 0 bridgehead atoms. The molecule has 1 saturated carbocycles. The Balaban J connectivity index is 1.40. The molecule has 0 unspecified atom stereocenters. The van der Waals surface area contributed by atoms with Crippen molar-refractivity contribution in [1.82, 2.24) is 14.0 Å². The highest BCUT2D eigenvalue weighted by Crippen LogP contribution is 2.34. The molecule has 0 N–H and O–H groups in total. The average molecular weight is 499 g/mol. The summed E-state index contributed by atoms with van der Waals surface area (Å²) in [4.78, 5) is 32.2. The Kier molecular flexibility index (Phi) is 6.14. The second-order valence-electron chi connectivity index (χ2n) is 10.3. The van der Waals surface area contributed by atoms with Crippen LogP contribution in [0.4, 0.5) is 5.69 Å². The smallest absolute Gasteiger partial charge is 0.275 e. The van der Waals surface area contributed by atoms with E-state index in [2.05, 4.69) is 11.0 Å². The summed E-state index contributed by atoms with van der Waals surface area (Å²) < 4.78 is 9.41. The quantitative estimate of drug-likeness (QED) is 0.399. The summed E-state index contributed by atoms with van der Waals surface area (Å²) in [6.45, 7) is 2.69. The van der Waals surface area contributed by atoms with Gasteiger partial charge in [-0.15, -0.1) is 0 Å². The molecule has 2 fully saturated rings. The number of pyridine rings is 1. The number of rotatable bonds is 4. The molecule has 0 radical (unpaired) electrons. The fourth-order valence-electron chi connectivity index (χ4n) is 6.31. The molecule has 0 atom stereocenters. The highest BCUT2D eigenvalue weighted by Gasteiger charge is 2.29. The molecule has 2 aromatic carbocycles. The number of carbonyl (C=O) groups excluding carboxylic acids is 1. The van der Waals surface area contributed by atoms with Crippen LogP contribution < -0.4 is 15.2 Å². The number of amides is 1. The van der Waals surface area contributed by atoms with E-state index in [1.165, 1.54) is 6.42 Å². The first-order valence-corrected chi connectivity index (χ1v) is 13.4. The predicted octanol–water partition coefficient (Wildman–Crippen LogP) is 4.97. The summed E-state index contributed by atoms with van der Waals surface area (Å²) in [5.74, 6) is 0.852. The number of aryl methyl sites for hydroxylation is 1. The zero-order valence-corrected chi connectivity index (χ0v) is 21.7. The first-order chi connectivity index (χ1) is 18.1. The van der Waals surface area contributed by atoms with Crippen LogP contribution in [0.15, 0.2) is 59.5 Å². The van der Waals surface area contributed by atoms with Gasteiger partial charge in [-0.2, -0.15) is 0 Å². The summed E-state index contributed by atoms with van der Waals surface area (Å²) in [6, 6.07) is 16.2. The lowest BCUT2D eigenvalue weighted by Crippen LogP contribution is -2.49. The van der Waals surface area contributed by atoms with Crippen molar-refractivity contribution < 1.29 is 9.53 Å². The first-order valence-electron chi connectivity index (χ1n) is 13.4. The van der Waals surface area contributed by atoms with Crippen molar-refractivity contribution in [3.05, 3.63) is 70.6 Å². The van der Waals surface area contributed by atoms with Crippen LogP contribution in [0.2, 0.25) is 0 Å². The van der Waals surface area contributed by atoms with Gasteiger partial charge in [0.1, 0.15) is 11.3 Å². The second kappa shape index (κ2) is 9.61. The minimum atomic E-state index is 0.00518. The third-order valence-corrected chi connectivity index (χ3v) is 8.27. The molecule has 1 aliphatic carbocycles. The number of piperazine rings is 1. The minimum Gasteiger partial charge on any atom is -0.495 e. The molecule has 3 heterocycles. The van der Waals surface area contributed by atoms with Gasteiger partial charge in [0.25, 0.3) is 11.5 Å². The number of nitrogens with zero attached hydrogens (tertiary/aromatic N) is 4. The number of aromatic nitrogens is 2. The Hall–Kier alpha value is -3.74. The fraction of sp³-hybridized carbons (Fsp3) is 0.400. The standard InChI is InChI=1S/C30H34N4O3/c1-31-24-13-7-6-12-22(24)27-23(20-34(30(36)28(27)31)21-10-4-3-5-11-21)29(35)33-18-16-32(17-19-33)25-14-8-9-15-26(25)37-2/h6-9,12-15,20-21H,3-5,10-11,16-19H2,1-2H3. The zero-order valence-electron chi connectivity index (χ0n) is 21.7. The van der Waals surface area contributed by atoms with E-state index in [4.69, 9.17) is 4.74 Å². The molecular formula is C30H34N4O3. The van der Waals surface area contributed by atoms with Crippen molar-refractivity contribution in [2.75, 3.05) is 38.2 Å². The number of methoxy groups -OCH3 is 1. The summed E-state index contributed by atoms with van der Waals surface area (Å²) in [5, 5.41) is 1.75. The number of para-hydroxylation sites is 3. The van der Waals surface area contributed by atoms with Gasteiger partial charge in [0.2, 0.25) is 0 Å². The number of hydrogen-bond acceptors (Lipinski definition) is 4. The van der Waals surface area contributed by atoms with E-state index in [-0.39, 0.29) is 17.5 Å². The summed E-state index contributed by atoms with van der Waals surface area (Å²) >= 11 is 0. The third-order valence-electron chi connectivity index (χ3n) is 8.27. The number of carbonyl (C=O) groups is 1. The zero-order chi connectivity index (χ0) is 25.5. The lowest BCUT2D eigenvalue weighted by atomic mass is 9.94. The lowest BCUT2D eigenvalue weighted by molar-refractivity contribution is 0.0747. The molecule has 37 heavy (non-hydrogen) atoms. The van der Waals surface area contributed by atoms with E-state index in [1.807, 2.05) is 69.7 Å². The van der Waals surface area contributed by atoms with Crippen molar-refractivity contribution in [2.45, 2.75) is 38.1 Å². The van der Waals surface area contributed by atoms with Gasteiger partial charge >= 0.3 is 0 Å². The number of hydrogen-bond donors (Lipinski definition) is 0. The molecular weight excluding hydrogens is 464 g/mol. The Morgan fingerprint density at radius 1 is 0.919 bits per heavy atom. The largest absolute Gasteiger partial charge is 0.495 e. The van der Waals surface area contributed by atoms with Gasteiger partial charge in [-0.05, 0) is 31.0 Å². The summed E-state index contributed by atoms with van der Waals surface area (Å²) in [7, 11) is 3.63. The van der Waals surface area contributed by atoms with Crippen LogP contribution in [-0.4, -0.2) is 53.2 Å². The third kappa shape index (κ3) is 3.97. The maximum absolute atomic E-state index is 14.1. The maximum atomic E-state index is 14.1. The topological polar surface area (TPSA) is 59.7 Å². The maximum Gasteiger partial charge on any atom is 0.275 e. The van der Waals surface area contributed by atoms with Crippen molar-refractivity contribution in [3.8, 4) is 5.75 Å². The summed E-state index contributed by atoms with van der Waals surface area (Å²) in [5.41, 5.74) is 3.32. The van der Waals surface area contributed by atoms with Gasteiger partial charge in [0, 0.05) is 61.8 Å².